The first-order chi connectivity index (χ1) is 8.38. The molecule has 0 aliphatic heterocycles. The van der Waals surface area contributed by atoms with Crippen molar-refractivity contribution in [1.29, 1.82) is 0 Å². The van der Waals surface area contributed by atoms with Crippen LogP contribution in [-0.2, 0) is 13.2 Å². The number of nitrogens with two attached hydrogens (primary N) is 1. The number of aliphatic hydroxyl groups excluding tert-OH is 1. The van der Waals surface area contributed by atoms with Crippen LogP contribution in [0.4, 0.5) is 13.2 Å². The normalized spacial score (nSPS) is 14.1. The SMILES string of the molecule is Cn1c(C(N)CO)c(C(F)(F)F)c2ccccc21. The van der Waals surface area contributed by atoms with Crippen LogP contribution in [0.5, 0.6) is 0 Å². The molecule has 1 heterocycles. The highest BCUT2D eigenvalue weighted by Crippen LogP contribution is 2.40. The predicted octanol–water partition coefficient (Wildman–Crippen LogP) is 2.19. The van der Waals surface area contributed by atoms with Crippen molar-refractivity contribution < 1.29 is 18.3 Å². The van der Waals surface area contributed by atoms with E-state index in [1.54, 1.807) is 18.2 Å². The molecule has 0 spiro atoms. The lowest BCUT2D eigenvalue weighted by atomic mass is 10.1. The van der Waals surface area contributed by atoms with Crippen molar-refractivity contribution >= 4 is 10.9 Å². The second kappa shape index (κ2) is 4.29. The van der Waals surface area contributed by atoms with E-state index in [0.717, 1.165) is 0 Å². The van der Waals surface area contributed by atoms with E-state index in [9.17, 15) is 13.2 Å². The Morgan fingerprint density at radius 2 is 1.94 bits per heavy atom. The quantitative estimate of drug-likeness (QED) is 0.867. The highest BCUT2D eigenvalue weighted by molar-refractivity contribution is 5.86. The average Bonchev–Trinajstić information content (AvgIpc) is 2.62. The van der Waals surface area contributed by atoms with E-state index in [1.807, 2.05) is 0 Å². The van der Waals surface area contributed by atoms with Crippen molar-refractivity contribution in [2.45, 2.75) is 12.2 Å². The summed E-state index contributed by atoms with van der Waals surface area (Å²) < 4.78 is 40.8. The molecule has 6 heteroatoms. The molecule has 0 bridgehead atoms. The van der Waals surface area contributed by atoms with Crippen molar-refractivity contribution in [3.8, 4) is 0 Å². The van der Waals surface area contributed by atoms with Crippen molar-refractivity contribution in [3.63, 3.8) is 0 Å². The molecule has 0 amide bonds. The Morgan fingerprint density at radius 3 is 2.50 bits per heavy atom. The van der Waals surface area contributed by atoms with E-state index in [-0.39, 0.29) is 11.1 Å². The van der Waals surface area contributed by atoms with Crippen molar-refractivity contribution in [1.82, 2.24) is 4.57 Å². The number of para-hydroxylation sites is 1. The molecule has 1 aromatic carbocycles. The summed E-state index contributed by atoms with van der Waals surface area (Å²) in [5.74, 6) is 0. The predicted molar refractivity (Wildman–Crippen MR) is 61.9 cm³/mol. The van der Waals surface area contributed by atoms with Gasteiger partial charge in [-0.05, 0) is 6.07 Å². The van der Waals surface area contributed by atoms with Crippen molar-refractivity contribution in [2.24, 2.45) is 12.8 Å². The number of hydrogen-bond donors (Lipinski definition) is 2. The number of fused-ring (bicyclic) bond motifs is 1. The molecular formula is C12H13F3N2O. The number of aliphatic hydroxyl groups is 1. The molecule has 2 rings (SSSR count). The standard InChI is InChI=1S/C12H13F3N2O/c1-17-9-5-3-2-4-7(9)10(12(13,14)15)11(17)8(16)6-18/h2-5,8,18H,6,16H2,1H3. The Balaban J connectivity index is 2.86. The zero-order chi connectivity index (χ0) is 13.5. The third-order valence-electron chi connectivity index (χ3n) is 2.98. The molecule has 0 aliphatic rings. The molecule has 0 fully saturated rings. The molecule has 3 N–H and O–H groups in total. The first kappa shape index (κ1) is 12.9. The van der Waals surface area contributed by atoms with Crippen molar-refractivity contribution in [2.75, 3.05) is 6.61 Å². The summed E-state index contributed by atoms with van der Waals surface area (Å²) in [6.07, 6.45) is -4.50. The summed E-state index contributed by atoms with van der Waals surface area (Å²) in [6, 6.07) is 5.16. The molecule has 1 atom stereocenters. The molecule has 98 valence electrons. The van der Waals surface area contributed by atoms with Crippen LogP contribution in [0.15, 0.2) is 24.3 Å². The third kappa shape index (κ3) is 1.87. The van der Waals surface area contributed by atoms with E-state index >= 15 is 0 Å². The summed E-state index contributed by atoms with van der Waals surface area (Å²) in [5.41, 5.74) is 5.18. The van der Waals surface area contributed by atoms with Crippen LogP contribution in [0.2, 0.25) is 0 Å². The van der Waals surface area contributed by atoms with Crippen LogP contribution in [0.25, 0.3) is 10.9 Å². The van der Waals surface area contributed by atoms with Gasteiger partial charge in [-0.15, -0.1) is 0 Å². The molecule has 18 heavy (non-hydrogen) atoms. The number of aromatic nitrogens is 1. The molecule has 0 radical (unpaired) electrons. The number of nitrogens with zero attached hydrogens (tertiary/aromatic N) is 1. The lowest BCUT2D eigenvalue weighted by Crippen LogP contribution is -2.22. The fourth-order valence-corrected chi connectivity index (χ4v) is 2.23. The van der Waals surface area contributed by atoms with Gasteiger partial charge in [-0.2, -0.15) is 13.2 Å². The van der Waals surface area contributed by atoms with Crippen LogP contribution in [0.3, 0.4) is 0 Å². The van der Waals surface area contributed by atoms with E-state index in [4.69, 9.17) is 10.8 Å². The first-order valence-electron chi connectivity index (χ1n) is 5.39. The third-order valence-corrected chi connectivity index (χ3v) is 2.98. The molecule has 1 unspecified atom stereocenters. The zero-order valence-corrected chi connectivity index (χ0v) is 9.70. The van der Waals surface area contributed by atoms with E-state index in [2.05, 4.69) is 0 Å². The number of hydrogen-bond acceptors (Lipinski definition) is 2. The van der Waals surface area contributed by atoms with Gasteiger partial charge in [-0.25, -0.2) is 0 Å². The van der Waals surface area contributed by atoms with Gasteiger partial charge in [0.05, 0.1) is 18.2 Å². The molecular weight excluding hydrogens is 245 g/mol. The van der Waals surface area contributed by atoms with Gasteiger partial charge < -0.3 is 15.4 Å². The second-order valence-electron chi connectivity index (χ2n) is 4.12. The molecule has 3 nitrogen and oxygen atoms in total. The topological polar surface area (TPSA) is 51.2 Å². The number of halogens is 3. The Hall–Kier alpha value is -1.53. The Morgan fingerprint density at radius 1 is 1.33 bits per heavy atom. The summed E-state index contributed by atoms with van der Waals surface area (Å²) in [6.45, 7) is -0.534. The number of benzene rings is 1. The lowest BCUT2D eigenvalue weighted by Gasteiger charge is -2.15. The van der Waals surface area contributed by atoms with Gasteiger partial charge >= 0.3 is 6.18 Å². The fourth-order valence-electron chi connectivity index (χ4n) is 2.23. The smallest absolute Gasteiger partial charge is 0.394 e. The van der Waals surface area contributed by atoms with Gasteiger partial charge in [-0.1, -0.05) is 18.2 Å². The van der Waals surface area contributed by atoms with E-state index in [0.29, 0.717) is 5.52 Å². The van der Waals surface area contributed by atoms with Gasteiger partial charge in [0.2, 0.25) is 0 Å². The average molecular weight is 258 g/mol. The largest absolute Gasteiger partial charge is 0.418 e. The minimum Gasteiger partial charge on any atom is -0.394 e. The molecule has 0 saturated carbocycles. The minimum atomic E-state index is -4.50. The van der Waals surface area contributed by atoms with E-state index < -0.39 is 24.4 Å². The molecule has 0 aliphatic carbocycles. The van der Waals surface area contributed by atoms with Crippen LogP contribution in [0, 0.1) is 0 Å². The zero-order valence-electron chi connectivity index (χ0n) is 9.70. The van der Waals surface area contributed by atoms with Gasteiger partial charge in [0, 0.05) is 23.6 Å². The van der Waals surface area contributed by atoms with Crippen LogP contribution >= 0.6 is 0 Å². The lowest BCUT2D eigenvalue weighted by molar-refractivity contribution is -0.137. The molecule has 1 aromatic heterocycles. The summed E-state index contributed by atoms with van der Waals surface area (Å²) in [5, 5.41) is 9.13. The van der Waals surface area contributed by atoms with Gasteiger partial charge in [0.25, 0.3) is 0 Å². The summed E-state index contributed by atoms with van der Waals surface area (Å²) >= 11 is 0. The fraction of sp³-hybridized carbons (Fsp3) is 0.333. The first-order valence-corrected chi connectivity index (χ1v) is 5.39. The Bertz CT molecular complexity index is 574. The summed E-state index contributed by atoms with van der Waals surface area (Å²) in [7, 11) is 1.52. The minimum absolute atomic E-state index is 0.0915. The van der Waals surface area contributed by atoms with Gasteiger partial charge in [0.15, 0.2) is 0 Å². The maximum Gasteiger partial charge on any atom is 0.418 e. The van der Waals surface area contributed by atoms with Gasteiger partial charge in [0.1, 0.15) is 0 Å². The van der Waals surface area contributed by atoms with Gasteiger partial charge in [-0.3, -0.25) is 0 Å². The number of alkyl halides is 3. The Kier molecular flexibility index (Phi) is 3.08. The summed E-state index contributed by atoms with van der Waals surface area (Å²) in [4.78, 5) is 0. The number of aryl methyl sites for hydroxylation is 1. The molecule has 2 aromatic rings. The monoisotopic (exact) mass is 258 g/mol. The maximum absolute atomic E-state index is 13.1. The second-order valence-corrected chi connectivity index (χ2v) is 4.12. The highest BCUT2D eigenvalue weighted by Gasteiger charge is 2.39. The highest BCUT2D eigenvalue weighted by atomic mass is 19.4. The number of rotatable bonds is 2. The van der Waals surface area contributed by atoms with Crippen molar-refractivity contribution in [3.05, 3.63) is 35.5 Å². The maximum atomic E-state index is 13.1. The van der Waals surface area contributed by atoms with Crippen LogP contribution in [-0.4, -0.2) is 16.3 Å². The van der Waals surface area contributed by atoms with Crippen LogP contribution in [0.1, 0.15) is 17.3 Å². The van der Waals surface area contributed by atoms with Crippen LogP contribution < -0.4 is 5.73 Å². The van der Waals surface area contributed by atoms with E-state index in [1.165, 1.54) is 17.7 Å². The molecule has 0 saturated heterocycles. The Labute approximate surface area is 102 Å².